The lowest BCUT2D eigenvalue weighted by Crippen LogP contribution is -2.37. The lowest BCUT2D eigenvalue weighted by molar-refractivity contribution is 0.0553. The van der Waals surface area contributed by atoms with Crippen molar-refractivity contribution in [2.24, 2.45) is 11.8 Å². The number of nitrogens with zero attached hydrogens (tertiary/aromatic N) is 1. The molecule has 2 aromatic carbocycles. The highest BCUT2D eigenvalue weighted by atomic mass is 19.2. The number of rotatable bonds is 4. The molecule has 0 spiro atoms. The summed E-state index contributed by atoms with van der Waals surface area (Å²) in [7, 11) is 0. The Morgan fingerprint density at radius 1 is 1.03 bits per heavy atom. The number of fused-ring (bicyclic) bond motifs is 3. The van der Waals surface area contributed by atoms with Crippen LogP contribution in [0.1, 0.15) is 56.1 Å². The fraction of sp³-hybridized carbons (Fsp3) is 0.480. The van der Waals surface area contributed by atoms with Gasteiger partial charge in [-0.15, -0.1) is 0 Å². The molecule has 0 N–H and O–H groups in total. The molecule has 166 valence electrons. The second-order valence-electron chi connectivity index (χ2n) is 8.92. The summed E-state index contributed by atoms with van der Waals surface area (Å²) in [5, 5.41) is 0. The van der Waals surface area contributed by atoms with E-state index in [1.54, 1.807) is 18.2 Å². The molecule has 2 bridgehead atoms. The average Bonchev–Trinajstić information content (AvgIpc) is 3.07. The fourth-order valence-electron chi connectivity index (χ4n) is 5.00. The summed E-state index contributed by atoms with van der Waals surface area (Å²) in [6.45, 7) is 1.56. The average molecular weight is 431 g/mol. The van der Waals surface area contributed by atoms with Crippen molar-refractivity contribution in [1.29, 1.82) is 0 Å². The minimum absolute atomic E-state index is 0.181. The molecule has 2 fully saturated rings. The van der Waals surface area contributed by atoms with E-state index in [9.17, 15) is 18.0 Å². The highest BCUT2D eigenvalue weighted by Gasteiger charge is 2.34. The molecule has 0 aromatic heterocycles. The molecule has 31 heavy (non-hydrogen) atoms. The van der Waals surface area contributed by atoms with Gasteiger partial charge in [0.25, 0.3) is 0 Å². The minimum Gasteiger partial charge on any atom is -0.446 e. The van der Waals surface area contributed by atoms with Gasteiger partial charge in [-0.3, -0.25) is 4.90 Å². The van der Waals surface area contributed by atoms with Crippen LogP contribution in [0.15, 0.2) is 36.4 Å². The highest BCUT2D eigenvalue weighted by Crippen LogP contribution is 2.39. The van der Waals surface area contributed by atoms with Gasteiger partial charge in [0.1, 0.15) is 11.9 Å². The number of carbonyl (C=O) groups excluding carboxylic acids is 1. The Hall–Kier alpha value is -2.50. The van der Waals surface area contributed by atoms with Gasteiger partial charge >= 0.3 is 6.09 Å². The van der Waals surface area contributed by atoms with Crippen LogP contribution in [-0.2, 0) is 11.3 Å². The molecule has 0 saturated heterocycles. The van der Waals surface area contributed by atoms with Gasteiger partial charge in [0.05, 0.1) is 6.54 Å². The van der Waals surface area contributed by atoms with E-state index in [4.69, 9.17) is 4.74 Å². The topological polar surface area (TPSA) is 29.5 Å². The molecular weight excluding hydrogens is 403 g/mol. The molecular formula is C25H28F3NO2. The molecule has 2 saturated carbocycles. The zero-order valence-corrected chi connectivity index (χ0v) is 17.8. The first kappa shape index (κ1) is 21.7. The maximum absolute atomic E-state index is 14.4. The van der Waals surface area contributed by atoms with Crippen LogP contribution in [0, 0.1) is 36.2 Å². The van der Waals surface area contributed by atoms with Crippen molar-refractivity contribution in [3.05, 3.63) is 65.0 Å². The number of halogens is 3. The number of amides is 1. The van der Waals surface area contributed by atoms with Crippen LogP contribution in [0.5, 0.6) is 0 Å². The molecule has 0 heterocycles. The van der Waals surface area contributed by atoms with Gasteiger partial charge in [-0.05, 0) is 68.2 Å². The molecule has 6 heteroatoms. The maximum atomic E-state index is 14.4. The van der Waals surface area contributed by atoms with Crippen LogP contribution in [0.4, 0.5) is 23.7 Å². The first-order chi connectivity index (χ1) is 14.9. The SMILES string of the molecule is Cc1cccc(N(Cc2cc(F)cc(F)c2F)C(=O)O[C@H]2CCC3CCCC2CC3)c1. The Morgan fingerprint density at radius 3 is 2.65 bits per heavy atom. The van der Waals surface area contributed by atoms with Gasteiger partial charge < -0.3 is 4.74 Å². The predicted octanol–water partition coefficient (Wildman–Crippen LogP) is 6.91. The first-order valence-electron chi connectivity index (χ1n) is 11.1. The van der Waals surface area contributed by atoms with Crippen LogP contribution >= 0.6 is 0 Å². The van der Waals surface area contributed by atoms with Crippen molar-refractivity contribution in [3.63, 3.8) is 0 Å². The monoisotopic (exact) mass is 431 g/mol. The molecule has 4 rings (SSSR count). The number of hydrogen-bond donors (Lipinski definition) is 0. The van der Waals surface area contributed by atoms with Gasteiger partial charge in [0.2, 0.25) is 0 Å². The normalized spacial score (nSPS) is 23.2. The van der Waals surface area contributed by atoms with Crippen LogP contribution < -0.4 is 4.90 Å². The van der Waals surface area contributed by atoms with Crippen molar-refractivity contribution >= 4 is 11.8 Å². The van der Waals surface area contributed by atoms with Crippen molar-refractivity contribution in [2.45, 2.75) is 64.5 Å². The van der Waals surface area contributed by atoms with Gasteiger partial charge in [-0.25, -0.2) is 18.0 Å². The van der Waals surface area contributed by atoms with E-state index in [0.717, 1.165) is 43.7 Å². The Balaban J connectivity index is 1.60. The summed E-state index contributed by atoms with van der Waals surface area (Å²) >= 11 is 0. The van der Waals surface area contributed by atoms with E-state index in [0.29, 0.717) is 23.6 Å². The summed E-state index contributed by atoms with van der Waals surface area (Å²) < 4.78 is 47.8. The third kappa shape index (κ3) is 5.05. The summed E-state index contributed by atoms with van der Waals surface area (Å²) in [5.74, 6) is -2.28. The summed E-state index contributed by atoms with van der Waals surface area (Å²) in [4.78, 5) is 14.5. The van der Waals surface area contributed by atoms with Crippen molar-refractivity contribution in [1.82, 2.24) is 0 Å². The Kier molecular flexibility index (Phi) is 6.54. The quantitative estimate of drug-likeness (QED) is 0.492. The molecule has 2 unspecified atom stereocenters. The molecule has 1 amide bonds. The highest BCUT2D eigenvalue weighted by molar-refractivity contribution is 5.87. The van der Waals surface area contributed by atoms with Crippen molar-refractivity contribution in [3.8, 4) is 0 Å². The van der Waals surface area contributed by atoms with Gasteiger partial charge in [0.15, 0.2) is 11.6 Å². The number of anilines is 1. The van der Waals surface area contributed by atoms with Crippen molar-refractivity contribution < 1.29 is 22.7 Å². The Labute approximate surface area is 181 Å². The second-order valence-corrected chi connectivity index (χ2v) is 8.92. The molecule has 2 aliphatic rings. The molecule has 3 atom stereocenters. The largest absolute Gasteiger partial charge is 0.446 e. The predicted molar refractivity (Wildman–Crippen MR) is 113 cm³/mol. The number of benzene rings is 2. The third-order valence-corrected chi connectivity index (χ3v) is 6.70. The maximum Gasteiger partial charge on any atom is 0.414 e. The van der Waals surface area contributed by atoms with E-state index in [1.807, 2.05) is 13.0 Å². The van der Waals surface area contributed by atoms with E-state index in [-0.39, 0.29) is 18.2 Å². The lowest BCUT2D eigenvalue weighted by atomic mass is 9.90. The van der Waals surface area contributed by atoms with Crippen LogP contribution in [-0.4, -0.2) is 12.2 Å². The second kappa shape index (κ2) is 9.33. The van der Waals surface area contributed by atoms with E-state index in [1.165, 1.54) is 17.7 Å². The zero-order chi connectivity index (χ0) is 22.0. The number of hydrogen-bond acceptors (Lipinski definition) is 2. The third-order valence-electron chi connectivity index (χ3n) is 6.70. The molecule has 2 aromatic rings. The Bertz CT molecular complexity index is 948. The first-order valence-corrected chi connectivity index (χ1v) is 11.1. The smallest absolute Gasteiger partial charge is 0.414 e. The number of ether oxygens (including phenoxy) is 1. The zero-order valence-electron chi connectivity index (χ0n) is 17.8. The molecule has 0 radical (unpaired) electrons. The van der Waals surface area contributed by atoms with Crippen LogP contribution in [0.3, 0.4) is 0 Å². The standard InChI is InChI=1S/C25H28F3NO2/c1-16-4-2-7-21(12-16)29(15-19-13-20(26)14-22(27)24(19)28)25(30)31-23-11-9-17-5-3-6-18(23)10-8-17/h2,4,7,12-14,17-18,23H,3,5-6,8-11,15H2,1H3/t17?,18?,23-/m0/s1. The fourth-order valence-corrected chi connectivity index (χ4v) is 5.00. The van der Waals surface area contributed by atoms with Crippen LogP contribution in [0.2, 0.25) is 0 Å². The van der Waals surface area contributed by atoms with Gasteiger partial charge in [-0.2, -0.15) is 0 Å². The minimum atomic E-state index is -1.27. The molecule has 2 aliphatic carbocycles. The number of carbonyl (C=O) groups is 1. The van der Waals surface area contributed by atoms with Gasteiger partial charge in [0, 0.05) is 17.3 Å². The van der Waals surface area contributed by atoms with E-state index >= 15 is 0 Å². The summed E-state index contributed by atoms with van der Waals surface area (Å²) in [5.41, 5.74) is 1.18. The molecule has 0 aliphatic heterocycles. The van der Waals surface area contributed by atoms with E-state index in [2.05, 4.69) is 0 Å². The summed E-state index contributed by atoms with van der Waals surface area (Å²) in [6, 6.07) is 8.57. The lowest BCUT2D eigenvalue weighted by Gasteiger charge is -2.30. The van der Waals surface area contributed by atoms with Gasteiger partial charge in [-0.1, -0.05) is 31.4 Å². The molecule has 3 nitrogen and oxygen atoms in total. The summed E-state index contributed by atoms with van der Waals surface area (Å²) in [6.07, 6.45) is 6.75. The van der Waals surface area contributed by atoms with Crippen molar-refractivity contribution in [2.75, 3.05) is 4.90 Å². The Morgan fingerprint density at radius 2 is 1.84 bits per heavy atom. The van der Waals surface area contributed by atoms with E-state index < -0.39 is 23.5 Å². The number of aryl methyl sites for hydroxylation is 1. The van der Waals surface area contributed by atoms with Crippen LogP contribution in [0.25, 0.3) is 0 Å².